The van der Waals surface area contributed by atoms with Crippen LogP contribution in [0.15, 0.2) is 72.8 Å². The lowest BCUT2D eigenvalue weighted by Gasteiger charge is -2.07. The molecule has 0 saturated heterocycles. The Morgan fingerprint density at radius 2 is 0.828 bits per heavy atom. The van der Waals surface area contributed by atoms with Crippen molar-refractivity contribution >= 4 is 22.1 Å². The molecule has 0 aliphatic rings. The minimum absolute atomic E-state index is 0.623. The second-order valence-electron chi connectivity index (χ2n) is 6.46. The maximum atomic E-state index is 12.8. The molecule has 1 aromatic heterocycles. The second kappa shape index (κ2) is 6.91. The van der Waals surface area contributed by atoms with E-state index in [0.29, 0.717) is 11.1 Å². The van der Waals surface area contributed by atoms with E-state index in [0.717, 1.165) is 44.8 Å². The monoisotopic (exact) mass is 422 g/mol. The van der Waals surface area contributed by atoms with Gasteiger partial charge in [0.25, 0.3) is 0 Å². The van der Waals surface area contributed by atoms with E-state index in [2.05, 4.69) is 0 Å². The Bertz CT molecular complexity index is 1060. The second-order valence-corrected chi connectivity index (χ2v) is 7.48. The van der Waals surface area contributed by atoms with Gasteiger partial charge in [0.1, 0.15) is 0 Å². The lowest BCUT2D eigenvalue weighted by Crippen LogP contribution is -2.03. The third-order valence-electron chi connectivity index (χ3n) is 4.57. The summed E-state index contributed by atoms with van der Waals surface area (Å²) in [5.74, 6) is 0. The van der Waals surface area contributed by atoms with Crippen LogP contribution < -0.4 is 0 Å². The maximum Gasteiger partial charge on any atom is 0.416 e. The molecular formula is C22H12F6S. The Morgan fingerprint density at radius 3 is 1.14 bits per heavy atom. The number of benzene rings is 3. The molecule has 0 atom stereocenters. The standard InChI is InChI=1S/C22H12F6S/c23-21(24,25)15-9-5-13(6-10-15)19-17-3-1-2-4-18(17)20(29-19)14-7-11-16(12-8-14)22(26,27)28/h1-12H. The first kappa shape index (κ1) is 19.5. The molecule has 4 aromatic rings. The highest BCUT2D eigenvalue weighted by Gasteiger charge is 2.31. The number of fused-ring (bicyclic) bond motifs is 1. The smallest absolute Gasteiger partial charge is 0.166 e. The van der Waals surface area contributed by atoms with Crippen LogP contribution >= 0.6 is 11.3 Å². The van der Waals surface area contributed by atoms with Crippen molar-refractivity contribution in [2.75, 3.05) is 0 Å². The number of hydrogen-bond acceptors (Lipinski definition) is 1. The topological polar surface area (TPSA) is 0 Å². The molecule has 4 rings (SSSR count). The van der Waals surface area contributed by atoms with Crippen molar-refractivity contribution in [1.82, 2.24) is 0 Å². The van der Waals surface area contributed by atoms with Gasteiger partial charge in [-0.15, -0.1) is 11.3 Å². The van der Waals surface area contributed by atoms with Gasteiger partial charge in [0.2, 0.25) is 0 Å². The number of hydrogen-bond donors (Lipinski definition) is 0. The van der Waals surface area contributed by atoms with Crippen molar-refractivity contribution < 1.29 is 26.3 Å². The van der Waals surface area contributed by atoms with Crippen LogP contribution in [0.5, 0.6) is 0 Å². The molecular weight excluding hydrogens is 410 g/mol. The van der Waals surface area contributed by atoms with Crippen LogP contribution in [0.2, 0.25) is 0 Å². The highest BCUT2D eigenvalue weighted by Crippen LogP contribution is 2.45. The maximum absolute atomic E-state index is 12.8. The molecule has 0 saturated carbocycles. The number of halogens is 6. The fourth-order valence-electron chi connectivity index (χ4n) is 3.14. The molecule has 0 spiro atoms. The molecule has 0 fully saturated rings. The molecule has 0 nitrogen and oxygen atoms in total. The molecule has 148 valence electrons. The predicted octanol–water partition coefficient (Wildman–Crippen LogP) is 8.27. The Balaban J connectivity index is 1.82. The van der Waals surface area contributed by atoms with Crippen LogP contribution in [0.3, 0.4) is 0 Å². The first-order chi connectivity index (χ1) is 13.6. The fraction of sp³-hybridized carbons (Fsp3) is 0.0909. The normalized spacial score (nSPS) is 12.5. The van der Waals surface area contributed by atoms with Crippen LogP contribution in [-0.2, 0) is 12.4 Å². The molecule has 0 unspecified atom stereocenters. The number of thiophene rings is 1. The van der Waals surface area contributed by atoms with E-state index in [1.54, 1.807) is 0 Å². The van der Waals surface area contributed by atoms with Crippen molar-refractivity contribution in [2.24, 2.45) is 0 Å². The summed E-state index contributed by atoms with van der Waals surface area (Å²) in [5, 5.41) is 1.68. The summed E-state index contributed by atoms with van der Waals surface area (Å²) in [6.07, 6.45) is -8.83. The molecule has 0 bridgehead atoms. The fourth-order valence-corrected chi connectivity index (χ4v) is 4.43. The van der Waals surface area contributed by atoms with Gasteiger partial charge < -0.3 is 0 Å². The highest BCUT2D eigenvalue weighted by molar-refractivity contribution is 7.21. The third kappa shape index (κ3) is 3.74. The van der Waals surface area contributed by atoms with Gasteiger partial charge in [-0.25, -0.2) is 0 Å². The zero-order valence-corrected chi connectivity index (χ0v) is 15.4. The molecule has 3 aromatic carbocycles. The lowest BCUT2D eigenvalue weighted by atomic mass is 10.0. The van der Waals surface area contributed by atoms with E-state index >= 15 is 0 Å². The van der Waals surface area contributed by atoms with Gasteiger partial charge in [0.15, 0.2) is 0 Å². The van der Waals surface area contributed by atoms with Crippen LogP contribution in [0.25, 0.3) is 31.7 Å². The molecule has 0 radical (unpaired) electrons. The Labute approximate surface area is 166 Å². The first-order valence-corrected chi connectivity index (χ1v) is 9.33. The molecule has 29 heavy (non-hydrogen) atoms. The average Bonchev–Trinajstić information content (AvgIpc) is 3.07. The van der Waals surface area contributed by atoms with Crippen molar-refractivity contribution in [3.63, 3.8) is 0 Å². The van der Waals surface area contributed by atoms with Crippen LogP contribution in [0.1, 0.15) is 11.1 Å². The summed E-state index contributed by atoms with van der Waals surface area (Å²) in [6.45, 7) is 0. The predicted molar refractivity (Wildman–Crippen MR) is 103 cm³/mol. The molecule has 0 N–H and O–H groups in total. The lowest BCUT2D eigenvalue weighted by molar-refractivity contribution is -0.138. The van der Waals surface area contributed by atoms with Crippen molar-refractivity contribution in [2.45, 2.75) is 12.4 Å². The van der Waals surface area contributed by atoms with Gasteiger partial charge in [-0.1, -0.05) is 48.5 Å². The number of rotatable bonds is 2. The van der Waals surface area contributed by atoms with Gasteiger partial charge in [-0.3, -0.25) is 0 Å². The van der Waals surface area contributed by atoms with Crippen LogP contribution in [-0.4, -0.2) is 0 Å². The van der Waals surface area contributed by atoms with Gasteiger partial charge in [0, 0.05) is 20.5 Å². The van der Waals surface area contributed by atoms with Gasteiger partial charge in [-0.2, -0.15) is 26.3 Å². The summed E-state index contributed by atoms with van der Waals surface area (Å²) in [5.41, 5.74) is -0.218. The summed E-state index contributed by atoms with van der Waals surface area (Å²) in [6, 6.07) is 17.1. The molecule has 0 aliphatic heterocycles. The first-order valence-electron chi connectivity index (χ1n) is 8.51. The zero-order chi connectivity index (χ0) is 20.8. The van der Waals surface area contributed by atoms with Crippen molar-refractivity contribution in [3.05, 3.63) is 83.9 Å². The van der Waals surface area contributed by atoms with E-state index in [-0.39, 0.29) is 0 Å². The van der Waals surface area contributed by atoms with Crippen LogP contribution in [0.4, 0.5) is 26.3 Å². The van der Waals surface area contributed by atoms with Crippen LogP contribution in [0, 0.1) is 0 Å². The van der Waals surface area contributed by atoms with E-state index in [9.17, 15) is 26.3 Å². The molecule has 1 heterocycles. The minimum Gasteiger partial charge on any atom is -0.166 e. The van der Waals surface area contributed by atoms with Gasteiger partial charge >= 0.3 is 12.4 Å². The van der Waals surface area contributed by atoms with E-state index in [4.69, 9.17) is 0 Å². The largest absolute Gasteiger partial charge is 0.416 e. The SMILES string of the molecule is FC(F)(F)c1ccc(-c2sc(-c3ccc(C(F)(F)F)cc3)c3ccccc23)cc1. The van der Waals surface area contributed by atoms with Gasteiger partial charge in [-0.05, 0) is 35.4 Å². The zero-order valence-electron chi connectivity index (χ0n) is 14.6. The quantitative estimate of drug-likeness (QED) is 0.285. The Morgan fingerprint density at radius 1 is 0.483 bits per heavy atom. The summed E-state index contributed by atoms with van der Waals surface area (Å²) in [4.78, 5) is 1.54. The third-order valence-corrected chi connectivity index (χ3v) is 5.89. The van der Waals surface area contributed by atoms with E-state index in [1.165, 1.54) is 35.6 Å². The molecule has 0 aliphatic carbocycles. The Kier molecular flexibility index (Phi) is 4.65. The van der Waals surface area contributed by atoms with Crippen molar-refractivity contribution in [1.29, 1.82) is 0 Å². The van der Waals surface area contributed by atoms with Gasteiger partial charge in [0.05, 0.1) is 11.1 Å². The summed E-state index contributed by atoms with van der Waals surface area (Å²) < 4.78 is 77.0. The Hall–Kier alpha value is -2.80. The van der Waals surface area contributed by atoms with E-state index in [1.807, 2.05) is 24.3 Å². The summed E-state index contributed by atoms with van der Waals surface area (Å²) in [7, 11) is 0. The number of alkyl halides is 6. The highest BCUT2D eigenvalue weighted by atomic mass is 32.1. The van der Waals surface area contributed by atoms with E-state index < -0.39 is 23.5 Å². The summed E-state index contributed by atoms with van der Waals surface area (Å²) >= 11 is 1.34. The molecule has 7 heteroatoms. The van der Waals surface area contributed by atoms with Crippen molar-refractivity contribution in [3.8, 4) is 20.9 Å². The average molecular weight is 422 g/mol. The molecule has 0 amide bonds. The minimum atomic E-state index is -4.42.